The largest absolute Gasteiger partial charge is 0.396 e. The van der Waals surface area contributed by atoms with Gasteiger partial charge in [0.15, 0.2) is 0 Å². The minimum atomic E-state index is -3.66. The van der Waals surface area contributed by atoms with Crippen LogP contribution in [-0.2, 0) is 10.0 Å². The number of hydrogen-bond acceptors (Lipinski definition) is 3. The van der Waals surface area contributed by atoms with E-state index in [0.29, 0.717) is 42.1 Å². The van der Waals surface area contributed by atoms with Crippen LogP contribution in [0.2, 0.25) is 10.0 Å². The molecule has 1 saturated heterocycles. The van der Waals surface area contributed by atoms with Gasteiger partial charge in [-0.25, -0.2) is 8.42 Å². The lowest BCUT2D eigenvalue weighted by atomic mass is 10.00. The highest BCUT2D eigenvalue weighted by Crippen LogP contribution is 2.36. The van der Waals surface area contributed by atoms with Crippen molar-refractivity contribution >= 4 is 33.2 Å². The minimum Gasteiger partial charge on any atom is -0.396 e. The molecule has 0 saturated carbocycles. The van der Waals surface area contributed by atoms with Crippen LogP contribution in [0.5, 0.6) is 0 Å². The van der Waals surface area contributed by atoms with Crippen molar-refractivity contribution in [1.29, 1.82) is 0 Å². The Hall–Kier alpha value is -0.330. The molecule has 1 heterocycles. The smallest absolute Gasteiger partial charge is 0.244 e. The molecule has 0 unspecified atom stereocenters. The molecule has 2 rings (SSSR count). The van der Waals surface area contributed by atoms with Crippen molar-refractivity contribution in [2.45, 2.75) is 31.6 Å². The van der Waals surface area contributed by atoms with E-state index in [9.17, 15) is 8.42 Å². The molecule has 0 aromatic heterocycles. The van der Waals surface area contributed by atoms with Gasteiger partial charge in [0.2, 0.25) is 10.0 Å². The summed E-state index contributed by atoms with van der Waals surface area (Å²) in [4.78, 5) is 0.108. The van der Waals surface area contributed by atoms with Crippen molar-refractivity contribution in [1.82, 2.24) is 4.31 Å². The third-order valence-corrected chi connectivity index (χ3v) is 7.08. The summed E-state index contributed by atoms with van der Waals surface area (Å²) in [5.74, 6) is 0.175. The van der Waals surface area contributed by atoms with Gasteiger partial charge in [0.1, 0.15) is 4.90 Å². The zero-order valence-electron chi connectivity index (χ0n) is 12.1. The summed E-state index contributed by atoms with van der Waals surface area (Å²) in [6.07, 6.45) is 1.32. The number of aryl methyl sites for hydroxylation is 1. The zero-order valence-corrected chi connectivity index (χ0v) is 14.4. The Balaban J connectivity index is 2.42. The molecule has 118 valence electrons. The second-order valence-corrected chi connectivity index (χ2v) is 8.13. The van der Waals surface area contributed by atoms with Gasteiger partial charge in [0, 0.05) is 24.7 Å². The van der Waals surface area contributed by atoms with Gasteiger partial charge in [-0.05, 0) is 49.8 Å². The average Bonchev–Trinajstić information content (AvgIpc) is 2.45. The van der Waals surface area contributed by atoms with E-state index < -0.39 is 10.0 Å². The topological polar surface area (TPSA) is 57.6 Å². The molecule has 4 nitrogen and oxygen atoms in total. The maximum Gasteiger partial charge on any atom is 0.244 e. The number of aliphatic hydroxyl groups excluding tert-OH is 1. The first kappa shape index (κ1) is 17.0. The van der Waals surface area contributed by atoms with Gasteiger partial charge in [0.25, 0.3) is 0 Å². The monoisotopic (exact) mass is 351 g/mol. The molecule has 0 spiro atoms. The van der Waals surface area contributed by atoms with Crippen molar-refractivity contribution in [3.8, 4) is 0 Å². The van der Waals surface area contributed by atoms with Crippen LogP contribution >= 0.6 is 23.2 Å². The minimum absolute atomic E-state index is 0.101. The molecule has 21 heavy (non-hydrogen) atoms. The van der Waals surface area contributed by atoms with E-state index in [1.54, 1.807) is 19.9 Å². The first-order valence-electron chi connectivity index (χ1n) is 6.85. The Morgan fingerprint density at radius 1 is 1.29 bits per heavy atom. The van der Waals surface area contributed by atoms with Crippen LogP contribution in [-0.4, -0.2) is 37.5 Å². The third-order valence-electron chi connectivity index (χ3n) is 4.02. The van der Waals surface area contributed by atoms with Gasteiger partial charge in [-0.3, -0.25) is 0 Å². The van der Waals surface area contributed by atoms with E-state index in [-0.39, 0.29) is 22.4 Å². The third kappa shape index (κ3) is 3.22. The van der Waals surface area contributed by atoms with E-state index in [1.807, 2.05) is 0 Å². The first-order chi connectivity index (χ1) is 9.78. The van der Waals surface area contributed by atoms with E-state index in [1.165, 1.54) is 4.31 Å². The molecule has 7 heteroatoms. The van der Waals surface area contributed by atoms with Crippen molar-refractivity contribution in [2.24, 2.45) is 5.92 Å². The number of sulfonamides is 1. The average molecular weight is 352 g/mol. The molecule has 1 aliphatic rings. The SMILES string of the molecule is Cc1cc(Cl)c(C)c(S(=O)(=O)N2CCC(CO)CC2)c1Cl. The maximum absolute atomic E-state index is 12.8. The summed E-state index contributed by atoms with van der Waals surface area (Å²) in [5.41, 5.74) is 1.13. The Morgan fingerprint density at radius 3 is 2.38 bits per heavy atom. The molecule has 0 amide bonds. The van der Waals surface area contributed by atoms with E-state index in [0.717, 1.165) is 0 Å². The van der Waals surface area contributed by atoms with Crippen molar-refractivity contribution < 1.29 is 13.5 Å². The number of aliphatic hydroxyl groups is 1. The van der Waals surface area contributed by atoms with Crippen LogP contribution in [0.3, 0.4) is 0 Å². The fourth-order valence-corrected chi connectivity index (χ4v) is 5.22. The number of nitrogens with zero attached hydrogens (tertiary/aromatic N) is 1. The normalized spacial score (nSPS) is 18.1. The molecule has 1 aliphatic heterocycles. The van der Waals surface area contributed by atoms with E-state index >= 15 is 0 Å². The number of halogens is 2. The molecule has 0 radical (unpaired) electrons. The number of rotatable bonds is 3. The Bertz CT molecular complexity index is 612. The highest BCUT2D eigenvalue weighted by molar-refractivity contribution is 7.89. The van der Waals surface area contributed by atoms with Gasteiger partial charge in [-0.1, -0.05) is 23.2 Å². The molecule has 1 aromatic rings. The number of hydrogen-bond donors (Lipinski definition) is 1. The van der Waals surface area contributed by atoms with Crippen LogP contribution in [0, 0.1) is 19.8 Å². The molecule has 1 N–H and O–H groups in total. The molecule has 0 aliphatic carbocycles. The summed E-state index contributed by atoms with van der Waals surface area (Å²) in [6.45, 7) is 4.30. The van der Waals surface area contributed by atoms with Crippen LogP contribution in [0.25, 0.3) is 0 Å². The Kier molecular flexibility index (Phi) is 5.21. The van der Waals surface area contributed by atoms with Gasteiger partial charge < -0.3 is 5.11 Å². The molecule has 0 atom stereocenters. The summed E-state index contributed by atoms with van der Waals surface area (Å²) < 4.78 is 27.1. The van der Waals surface area contributed by atoms with E-state index in [4.69, 9.17) is 28.3 Å². The predicted octanol–water partition coefficient (Wildman–Crippen LogP) is 3.00. The van der Waals surface area contributed by atoms with Gasteiger partial charge >= 0.3 is 0 Å². The Morgan fingerprint density at radius 2 is 1.86 bits per heavy atom. The summed E-state index contributed by atoms with van der Waals surface area (Å²) in [6, 6.07) is 1.68. The first-order valence-corrected chi connectivity index (χ1v) is 9.04. The second kappa shape index (κ2) is 6.42. The fourth-order valence-electron chi connectivity index (χ4n) is 2.58. The van der Waals surface area contributed by atoms with Crippen molar-refractivity contribution in [2.75, 3.05) is 19.7 Å². The highest BCUT2D eigenvalue weighted by atomic mass is 35.5. The number of benzene rings is 1. The molecule has 1 aromatic carbocycles. The van der Waals surface area contributed by atoms with Gasteiger partial charge in [-0.15, -0.1) is 0 Å². The van der Waals surface area contributed by atoms with E-state index in [2.05, 4.69) is 0 Å². The lowest BCUT2D eigenvalue weighted by Gasteiger charge is -2.31. The van der Waals surface area contributed by atoms with Gasteiger partial charge in [-0.2, -0.15) is 4.31 Å². The predicted molar refractivity (Wildman–Crippen MR) is 84.5 cm³/mol. The van der Waals surface area contributed by atoms with Crippen molar-refractivity contribution in [3.63, 3.8) is 0 Å². The van der Waals surface area contributed by atoms with Gasteiger partial charge in [0.05, 0.1) is 5.02 Å². The van der Waals surface area contributed by atoms with Crippen LogP contribution in [0.15, 0.2) is 11.0 Å². The molecular weight excluding hydrogens is 333 g/mol. The standard InChI is InChI=1S/C14H19Cl2NO3S/c1-9-7-12(15)10(2)14(13(9)16)21(19,20)17-5-3-11(8-18)4-6-17/h7,11,18H,3-6,8H2,1-2H3. The quantitative estimate of drug-likeness (QED) is 0.910. The Labute approximate surface area is 135 Å². The summed E-state index contributed by atoms with van der Waals surface area (Å²) >= 11 is 12.3. The molecular formula is C14H19Cl2NO3S. The lowest BCUT2D eigenvalue weighted by Crippen LogP contribution is -2.39. The van der Waals surface area contributed by atoms with Crippen LogP contribution in [0.1, 0.15) is 24.0 Å². The number of piperidine rings is 1. The fraction of sp³-hybridized carbons (Fsp3) is 0.571. The van der Waals surface area contributed by atoms with Crippen molar-refractivity contribution in [3.05, 3.63) is 27.2 Å². The highest BCUT2D eigenvalue weighted by Gasteiger charge is 2.33. The summed E-state index contributed by atoms with van der Waals surface area (Å²) in [7, 11) is -3.66. The van der Waals surface area contributed by atoms with Crippen LogP contribution in [0.4, 0.5) is 0 Å². The maximum atomic E-state index is 12.8. The molecule has 0 bridgehead atoms. The second-order valence-electron chi connectivity index (χ2n) is 5.47. The summed E-state index contributed by atoms with van der Waals surface area (Å²) in [5, 5.41) is 9.79. The zero-order chi connectivity index (χ0) is 15.8. The lowest BCUT2D eigenvalue weighted by molar-refractivity contribution is 0.170. The molecule has 1 fully saturated rings. The van der Waals surface area contributed by atoms with Crippen LogP contribution < -0.4 is 0 Å².